The van der Waals surface area contributed by atoms with Gasteiger partial charge in [0.15, 0.2) is 0 Å². The number of ether oxygens (including phenoxy) is 3. The van der Waals surface area contributed by atoms with Gasteiger partial charge in [-0.15, -0.1) is 0 Å². The molecule has 0 bridgehead atoms. The van der Waals surface area contributed by atoms with E-state index in [1.54, 1.807) is 7.11 Å². The molecule has 0 unspecified atom stereocenters. The fourth-order valence-electron chi connectivity index (χ4n) is 1.96. The summed E-state index contributed by atoms with van der Waals surface area (Å²) in [5.74, 6) is -0.0873. The predicted molar refractivity (Wildman–Crippen MR) is 76.0 cm³/mol. The molecule has 0 aromatic rings. The maximum absolute atomic E-state index is 10.9. The van der Waals surface area contributed by atoms with Crippen molar-refractivity contribution in [3.63, 3.8) is 0 Å². The number of methoxy groups -OCH3 is 2. The summed E-state index contributed by atoms with van der Waals surface area (Å²) < 4.78 is 14.6. The van der Waals surface area contributed by atoms with Crippen molar-refractivity contribution in [1.29, 1.82) is 0 Å². The smallest absolute Gasteiger partial charge is 0.305 e. The van der Waals surface area contributed by atoms with E-state index in [0.717, 1.165) is 25.9 Å². The molecule has 0 aromatic carbocycles. The van der Waals surface area contributed by atoms with E-state index in [4.69, 9.17) is 9.47 Å². The molecule has 4 nitrogen and oxygen atoms in total. The summed E-state index contributed by atoms with van der Waals surface area (Å²) in [4.78, 5) is 10.9. The molecule has 0 aliphatic heterocycles. The van der Waals surface area contributed by atoms with Gasteiger partial charge in [0, 0.05) is 20.1 Å². The molecule has 0 atom stereocenters. The molecule has 19 heavy (non-hydrogen) atoms. The second-order valence-corrected chi connectivity index (χ2v) is 4.82. The molecule has 114 valence electrons. The SMILES string of the molecule is COCOCCCCCCCCCCCC(=O)OC. The van der Waals surface area contributed by atoms with Crippen molar-refractivity contribution in [2.45, 2.75) is 64.2 Å². The third kappa shape index (κ3) is 15.3. The lowest BCUT2D eigenvalue weighted by Crippen LogP contribution is -1.99. The minimum atomic E-state index is -0.0873. The molecule has 0 heterocycles. The van der Waals surface area contributed by atoms with Crippen LogP contribution in [-0.2, 0) is 19.0 Å². The van der Waals surface area contributed by atoms with Gasteiger partial charge in [0.05, 0.1) is 7.11 Å². The van der Waals surface area contributed by atoms with Crippen LogP contribution in [0.3, 0.4) is 0 Å². The molecular formula is C15H30O4. The number of hydrogen-bond donors (Lipinski definition) is 0. The van der Waals surface area contributed by atoms with Crippen molar-refractivity contribution in [3.8, 4) is 0 Å². The van der Waals surface area contributed by atoms with Crippen LogP contribution in [0, 0.1) is 0 Å². The predicted octanol–water partition coefficient (Wildman–Crippen LogP) is 3.68. The Morgan fingerprint density at radius 3 is 1.84 bits per heavy atom. The lowest BCUT2D eigenvalue weighted by Gasteiger charge is -2.03. The number of rotatable bonds is 14. The number of hydrogen-bond acceptors (Lipinski definition) is 4. The van der Waals surface area contributed by atoms with Gasteiger partial charge in [0.1, 0.15) is 6.79 Å². The first kappa shape index (κ1) is 18.4. The largest absolute Gasteiger partial charge is 0.469 e. The van der Waals surface area contributed by atoms with Crippen molar-refractivity contribution in [2.75, 3.05) is 27.6 Å². The van der Waals surface area contributed by atoms with Crippen molar-refractivity contribution < 1.29 is 19.0 Å². The van der Waals surface area contributed by atoms with Crippen molar-refractivity contribution in [2.24, 2.45) is 0 Å². The van der Waals surface area contributed by atoms with Gasteiger partial charge in [0.2, 0.25) is 0 Å². The number of esters is 1. The topological polar surface area (TPSA) is 44.8 Å². The summed E-state index contributed by atoms with van der Waals surface area (Å²) in [6.07, 6.45) is 11.4. The van der Waals surface area contributed by atoms with E-state index in [9.17, 15) is 4.79 Å². The van der Waals surface area contributed by atoms with Crippen molar-refractivity contribution in [3.05, 3.63) is 0 Å². The summed E-state index contributed by atoms with van der Waals surface area (Å²) in [5.41, 5.74) is 0. The Bertz CT molecular complexity index is 195. The summed E-state index contributed by atoms with van der Waals surface area (Å²) in [5, 5.41) is 0. The maximum atomic E-state index is 10.9. The Kier molecular flexibility index (Phi) is 15.0. The lowest BCUT2D eigenvalue weighted by atomic mass is 10.1. The van der Waals surface area contributed by atoms with Crippen LogP contribution < -0.4 is 0 Å². The van der Waals surface area contributed by atoms with E-state index in [-0.39, 0.29) is 5.97 Å². The van der Waals surface area contributed by atoms with Crippen LogP contribution in [0.2, 0.25) is 0 Å². The molecule has 0 N–H and O–H groups in total. The van der Waals surface area contributed by atoms with Gasteiger partial charge in [-0.1, -0.05) is 44.9 Å². The molecular weight excluding hydrogens is 244 g/mol. The van der Waals surface area contributed by atoms with Crippen molar-refractivity contribution >= 4 is 5.97 Å². The Morgan fingerprint density at radius 2 is 1.32 bits per heavy atom. The highest BCUT2D eigenvalue weighted by molar-refractivity contribution is 5.68. The van der Waals surface area contributed by atoms with Crippen LogP contribution in [0.25, 0.3) is 0 Å². The fourth-order valence-corrected chi connectivity index (χ4v) is 1.96. The molecule has 0 rings (SSSR count). The van der Waals surface area contributed by atoms with E-state index >= 15 is 0 Å². The van der Waals surface area contributed by atoms with Gasteiger partial charge >= 0.3 is 5.97 Å². The fraction of sp³-hybridized carbons (Fsp3) is 0.933. The Hall–Kier alpha value is -0.610. The van der Waals surface area contributed by atoms with Gasteiger partial charge in [-0.25, -0.2) is 0 Å². The van der Waals surface area contributed by atoms with Crippen molar-refractivity contribution in [1.82, 2.24) is 0 Å². The van der Waals surface area contributed by atoms with Crippen LogP contribution in [-0.4, -0.2) is 33.6 Å². The average molecular weight is 274 g/mol. The Balaban J connectivity index is 2.97. The third-order valence-corrected chi connectivity index (χ3v) is 3.10. The Labute approximate surface area is 117 Å². The van der Waals surface area contributed by atoms with Crippen LogP contribution in [0.4, 0.5) is 0 Å². The maximum Gasteiger partial charge on any atom is 0.305 e. The van der Waals surface area contributed by atoms with E-state index in [0.29, 0.717) is 13.2 Å². The normalized spacial score (nSPS) is 10.6. The summed E-state index contributed by atoms with van der Waals surface area (Å²) in [6.45, 7) is 1.22. The first-order valence-corrected chi connectivity index (χ1v) is 7.44. The summed E-state index contributed by atoms with van der Waals surface area (Å²) >= 11 is 0. The van der Waals surface area contributed by atoms with Gasteiger partial charge in [-0.3, -0.25) is 4.79 Å². The highest BCUT2D eigenvalue weighted by Gasteiger charge is 1.99. The molecule has 0 radical (unpaired) electrons. The van der Waals surface area contributed by atoms with Gasteiger partial charge in [-0.05, 0) is 12.8 Å². The molecule has 4 heteroatoms. The van der Waals surface area contributed by atoms with Crippen LogP contribution >= 0.6 is 0 Å². The molecule has 0 saturated carbocycles. The van der Waals surface area contributed by atoms with E-state index in [2.05, 4.69) is 4.74 Å². The minimum absolute atomic E-state index is 0.0873. The lowest BCUT2D eigenvalue weighted by molar-refractivity contribution is -0.140. The quantitative estimate of drug-likeness (QED) is 0.275. The van der Waals surface area contributed by atoms with E-state index < -0.39 is 0 Å². The van der Waals surface area contributed by atoms with Gasteiger partial charge < -0.3 is 14.2 Å². The summed E-state index contributed by atoms with van der Waals surface area (Å²) in [7, 11) is 3.09. The molecule has 0 fully saturated rings. The molecule has 0 saturated heterocycles. The average Bonchev–Trinajstić information content (AvgIpc) is 2.43. The molecule has 0 aromatic heterocycles. The zero-order valence-corrected chi connectivity index (χ0v) is 12.6. The zero-order chi connectivity index (χ0) is 14.2. The first-order valence-electron chi connectivity index (χ1n) is 7.44. The molecule has 0 aliphatic rings. The van der Waals surface area contributed by atoms with Gasteiger partial charge in [-0.2, -0.15) is 0 Å². The van der Waals surface area contributed by atoms with E-state index in [1.165, 1.54) is 45.6 Å². The second kappa shape index (κ2) is 15.4. The highest BCUT2D eigenvalue weighted by atomic mass is 16.7. The summed E-state index contributed by atoms with van der Waals surface area (Å²) in [6, 6.07) is 0. The number of unbranched alkanes of at least 4 members (excludes halogenated alkanes) is 8. The van der Waals surface area contributed by atoms with Crippen LogP contribution in [0.5, 0.6) is 0 Å². The molecule has 0 aliphatic carbocycles. The molecule has 0 amide bonds. The second-order valence-electron chi connectivity index (χ2n) is 4.82. The monoisotopic (exact) mass is 274 g/mol. The first-order chi connectivity index (χ1) is 9.31. The third-order valence-electron chi connectivity index (χ3n) is 3.10. The highest BCUT2D eigenvalue weighted by Crippen LogP contribution is 2.10. The number of carbonyl (C=O) groups is 1. The number of carbonyl (C=O) groups excluding carboxylic acids is 1. The standard InChI is InChI=1S/C15H30O4/c1-17-14-19-13-11-9-7-5-3-4-6-8-10-12-15(16)18-2/h3-14H2,1-2H3. The van der Waals surface area contributed by atoms with Gasteiger partial charge in [0.25, 0.3) is 0 Å². The van der Waals surface area contributed by atoms with Crippen LogP contribution in [0.15, 0.2) is 0 Å². The zero-order valence-electron chi connectivity index (χ0n) is 12.6. The molecule has 0 spiro atoms. The van der Waals surface area contributed by atoms with Crippen LogP contribution in [0.1, 0.15) is 64.2 Å². The minimum Gasteiger partial charge on any atom is -0.469 e. The van der Waals surface area contributed by atoms with E-state index in [1.807, 2.05) is 0 Å². The Morgan fingerprint density at radius 1 is 0.789 bits per heavy atom.